The van der Waals surface area contributed by atoms with Crippen molar-refractivity contribution in [3.63, 3.8) is 0 Å². The van der Waals surface area contributed by atoms with E-state index >= 15 is 0 Å². The van der Waals surface area contributed by atoms with E-state index in [1.807, 2.05) is 61.5 Å². The van der Waals surface area contributed by atoms with Crippen LogP contribution in [0.1, 0.15) is 12.5 Å². The average Bonchev–Trinajstić information content (AvgIpc) is 2.74. The van der Waals surface area contributed by atoms with Crippen LogP contribution in [-0.2, 0) is 6.61 Å². The molecule has 1 aromatic heterocycles. The third kappa shape index (κ3) is 4.55. The van der Waals surface area contributed by atoms with Crippen LogP contribution in [0, 0.1) is 0 Å². The van der Waals surface area contributed by atoms with Crippen molar-refractivity contribution in [2.75, 3.05) is 17.7 Å². The zero-order valence-corrected chi connectivity index (χ0v) is 17.2. The van der Waals surface area contributed by atoms with Crippen LogP contribution < -0.4 is 20.5 Å². The van der Waals surface area contributed by atoms with Gasteiger partial charge in [-0.1, -0.05) is 23.7 Å². The molecule has 0 saturated carbocycles. The molecule has 0 radical (unpaired) electrons. The van der Waals surface area contributed by atoms with Crippen LogP contribution in [0.4, 0.5) is 17.2 Å². The summed E-state index contributed by atoms with van der Waals surface area (Å²) < 4.78 is 11.4. The van der Waals surface area contributed by atoms with Gasteiger partial charge < -0.3 is 20.5 Å². The van der Waals surface area contributed by atoms with E-state index < -0.39 is 0 Å². The number of halogens is 1. The molecular weight excluding hydrogens is 400 g/mol. The van der Waals surface area contributed by atoms with Crippen LogP contribution in [0.3, 0.4) is 0 Å². The summed E-state index contributed by atoms with van der Waals surface area (Å²) in [4.78, 5) is 8.60. The predicted octanol–water partition coefficient (Wildman–Crippen LogP) is 5.59. The van der Waals surface area contributed by atoms with Gasteiger partial charge in [-0.2, -0.15) is 0 Å². The number of nitrogens with two attached hydrogens (primary N) is 1. The Bertz CT molecular complexity index is 1180. The highest BCUT2D eigenvalue weighted by Gasteiger charge is 2.08. The second kappa shape index (κ2) is 8.88. The van der Waals surface area contributed by atoms with Crippen molar-refractivity contribution >= 4 is 39.7 Å². The monoisotopic (exact) mass is 420 g/mol. The molecule has 0 atom stereocenters. The lowest BCUT2D eigenvalue weighted by atomic mass is 10.2. The number of hydrogen-bond donors (Lipinski definition) is 2. The summed E-state index contributed by atoms with van der Waals surface area (Å²) in [6, 6.07) is 18.8. The molecule has 1 heterocycles. The van der Waals surface area contributed by atoms with Gasteiger partial charge in [0.25, 0.3) is 0 Å². The Morgan fingerprint density at radius 1 is 1.00 bits per heavy atom. The fourth-order valence-electron chi connectivity index (χ4n) is 3.06. The van der Waals surface area contributed by atoms with Crippen molar-refractivity contribution < 1.29 is 9.47 Å². The largest absolute Gasteiger partial charge is 0.494 e. The molecule has 152 valence electrons. The van der Waals surface area contributed by atoms with Gasteiger partial charge in [0.15, 0.2) is 0 Å². The summed E-state index contributed by atoms with van der Waals surface area (Å²) in [7, 11) is 0. The molecular formula is C23H21ClN4O2. The van der Waals surface area contributed by atoms with E-state index in [-0.39, 0.29) is 0 Å². The lowest BCUT2D eigenvalue weighted by Gasteiger charge is -2.12. The minimum absolute atomic E-state index is 0.392. The third-order valence-corrected chi connectivity index (χ3v) is 4.75. The van der Waals surface area contributed by atoms with Gasteiger partial charge in [-0.05, 0) is 61.0 Å². The minimum Gasteiger partial charge on any atom is -0.494 e. The Kier molecular flexibility index (Phi) is 5.86. The molecule has 0 unspecified atom stereocenters. The van der Waals surface area contributed by atoms with Gasteiger partial charge in [-0.15, -0.1) is 0 Å². The number of aromatic nitrogens is 2. The highest BCUT2D eigenvalue weighted by atomic mass is 35.5. The van der Waals surface area contributed by atoms with Gasteiger partial charge in [0.2, 0.25) is 0 Å². The number of nitrogen functional groups attached to an aromatic ring is 1. The van der Waals surface area contributed by atoms with Crippen molar-refractivity contribution in [2.24, 2.45) is 0 Å². The third-order valence-electron chi connectivity index (χ3n) is 4.46. The van der Waals surface area contributed by atoms with E-state index in [9.17, 15) is 0 Å². The fourth-order valence-corrected chi connectivity index (χ4v) is 3.29. The van der Waals surface area contributed by atoms with E-state index in [1.54, 1.807) is 6.07 Å². The van der Waals surface area contributed by atoms with E-state index in [2.05, 4.69) is 15.3 Å². The Balaban J connectivity index is 1.49. The maximum absolute atomic E-state index is 6.44. The molecule has 0 bridgehead atoms. The van der Waals surface area contributed by atoms with Crippen molar-refractivity contribution in [3.8, 4) is 11.5 Å². The molecule has 0 fully saturated rings. The summed E-state index contributed by atoms with van der Waals surface area (Å²) in [5.74, 6) is 2.08. The quantitative estimate of drug-likeness (QED) is 0.379. The van der Waals surface area contributed by atoms with Gasteiger partial charge in [-0.3, -0.25) is 0 Å². The van der Waals surface area contributed by atoms with E-state index in [0.29, 0.717) is 35.5 Å². The highest BCUT2D eigenvalue weighted by Crippen LogP contribution is 2.31. The van der Waals surface area contributed by atoms with E-state index in [1.165, 1.54) is 6.33 Å². The molecule has 30 heavy (non-hydrogen) atoms. The number of benzene rings is 3. The van der Waals surface area contributed by atoms with Crippen LogP contribution in [0.5, 0.6) is 11.5 Å². The number of ether oxygens (including phenoxy) is 2. The molecule has 4 rings (SSSR count). The number of nitrogens with one attached hydrogen (secondary N) is 1. The molecule has 0 aliphatic heterocycles. The first-order valence-electron chi connectivity index (χ1n) is 9.53. The Hall–Kier alpha value is -3.51. The van der Waals surface area contributed by atoms with Gasteiger partial charge in [-0.25, -0.2) is 9.97 Å². The van der Waals surface area contributed by atoms with Gasteiger partial charge in [0, 0.05) is 16.8 Å². The van der Waals surface area contributed by atoms with Gasteiger partial charge >= 0.3 is 0 Å². The summed E-state index contributed by atoms with van der Waals surface area (Å²) in [5.41, 5.74) is 9.15. The molecule has 0 amide bonds. The summed E-state index contributed by atoms with van der Waals surface area (Å²) in [6.45, 7) is 2.97. The summed E-state index contributed by atoms with van der Waals surface area (Å²) in [6.07, 6.45) is 1.51. The Morgan fingerprint density at radius 3 is 2.73 bits per heavy atom. The SMILES string of the molecule is CCOc1cccc(COc2ccc(Nc3ncnc4ccc(N)cc34)cc2Cl)c1. The minimum atomic E-state index is 0.392. The van der Waals surface area contributed by atoms with Crippen LogP contribution in [0.15, 0.2) is 67.0 Å². The molecule has 0 spiro atoms. The molecule has 7 heteroatoms. The first-order chi connectivity index (χ1) is 14.6. The summed E-state index contributed by atoms with van der Waals surface area (Å²) in [5, 5.41) is 4.61. The standard InChI is InChI=1S/C23H21ClN4O2/c1-2-29-18-5-3-4-15(10-18)13-30-22-9-7-17(12-20(22)24)28-23-19-11-16(25)6-8-21(19)26-14-27-23/h3-12,14H,2,13,25H2,1H3,(H,26,27,28). The van der Waals surface area contributed by atoms with Crippen LogP contribution in [0.2, 0.25) is 5.02 Å². The second-order valence-corrected chi connectivity index (χ2v) is 7.05. The van der Waals surface area contributed by atoms with Crippen molar-refractivity contribution in [2.45, 2.75) is 13.5 Å². The number of anilines is 3. The normalized spacial score (nSPS) is 10.7. The molecule has 4 aromatic rings. The second-order valence-electron chi connectivity index (χ2n) is 6.64. The smallest absolute Gasteiger partial charge is 0.141 e. The van der Waals surface area contributed by atoms with Crippen LogP contribution in [-0.4, -0.2) is 16.6 Å². The maximum atomic E-state index is 6.44. The van der Waals surface area contributed by atoms with Crippen LogP contribution in [0.25, 0.3) is 10.9 Å². The van der Waals surface area contributed by atoms with Gasteiger partial charge in [0.05, 0.1) is 17.1 Å². The fraction of sp³-hybridized carbons (Fsp3) is 0.130. The zero-order chi connectivity index (χ0) is 20.9. The summed E-state index contributed by atoms with van der Waals surface area (Å²) >= 11 is 6.44. The predicted molar refractivity (Wildman–Crippen MR) is 121 cm³/mol. The molecule has 0 aliphatic carbocycles. The number of nitrogens with zero attached hydrogens (tertiary/aromatic N) is 2. The Morgan fingerprint density at radius 2 is 1.90 bits per heavy atom. The van der Waals surface area contributed by atoms with E-state index in [4.69, 9.17) is 26.8 Å². The molecule has 0 saturated heterocycles. The zero-order valence-electron chi connectivity index (χ0n) is 16.4. The molecule has 0 aliphatic rings. The number of fused-ring (bicyclic) bond motifs is 1. The van der Waals surface area contributed by atoms with Crippen molar-refractivity contribution in [1.82, 2.24) is 9.97 Å². The number of rotatable bonds is 7. The molecule has 6 nitrogen and oxygen atoms in total. The average molecular weight is 421 g/mol. The van der Waals surface area contributed by atoms with Crippen LogP contribution >= 0.6 is 11.6 Å². The topological polar surface area (TPSA) is 82.3 Å². The lowest BCUT2D eigenvalue weighted by Crippen LogP contribution is -1.99. The molecule has 3 aromatic carbocycles. The molecule has 3 N–H and O–H groups in total. The lowest BCUT2D eigenvalue weighted by molar-refractivity contribution is 0.303. The van der Waals surface area contributed by atoms with Gasteiger partial charge in [0.1, 0.15) is 30.3 Å². The highest BCUT2D eigenvalue weighted by molar-refractivity contribution is 6.32. The van der Waals surface area contributed by atoms with E-state index in [0.717, 1.165) is 27.9 Å². The number of hydrogen-bond acceptors (Lipinski definition) is 6. The van der Waals surface area contributed by atoms with Crippen molar-refractivity contribution in [3.05, 3.63) is 77.6 Å². The first kappa shape index (κ1) is 19.8. The Labute approximate surface area is 179 Å². The van der Waals surface area contributed by atoms with Crippen molar-refractivity contribution in [1.29, 1.82) is 0 Å². The maximum Gasteiger partial charge on any atom is 0.141 e. The first-order valence-corrected chi connectivity index (χ1v) is 9.91.